The van der Waals surface area contributed by atoms with Crippen molar-refractivity contribution in [3.8, 4) is 11.8 Å². The van der Waals surface area contributed by atoms with Crippen LogP contribution in [0.3, 0.4) is 0 Å². The molecule has 0 fully saturated rings. The molecule has 0 saturated heterocycles. The Kier molecular flexibility index (Phi) is 6.06. The Hall–Kier alpha value is -2.61. The number of nitrogens with zero attached hydrogens (tertiary/aromatic N) is 4. The lowest BCUT2D eigenvalue weighted by Gasteiger charge is -2.08. The van der Waals surface area contributed by atoms with Crippen molar-refractivity contribution in [1.82, 2.24) is 14.8 Å². The second-order valence-electron chi connectivity index (χ2n) is 7.17. The van der Waals surface area contributed by atoms with Crippen molar-refractivity contribution >= 4 is 11.6 Å². The van der Waals surface area contributed by atoms with Crippen molar-refractivity contribution in [1.29, 1.82) is 5.26 Å². The zero-order chi connectivity index (χ0) is 18.4. The van der Waals surface area contributed by atoms with Gasteiger partial charge in [-0.2, -0.15) is 5.26 Å². The van der Waals surface area contributed by atoms with Crippen molar-refractivity contribution in [2.75, 3.05) is 6.61 Å². The Labute approximate surface area is 155 Å². The molecule has 0 bridgehead atoms. The molecule has 1 aromatic carbocycles. The predicted octanol–water partition coefficient (Wildman–Crippen LogP) is 4.49. The fourth-order valence-electron chi connectivity index (χ4n) is 3.07. The molecule has 0 radical (unpaired) electrons. The predicted molar refractivity (Wildman–Crippen MR) is 102 cm³/mol. The number of aryl methyl sites for hydroxylation is 1. The third kappa shape index (κ3) is 4.51. The minimum atomic E-state index is 0.555. The van der Waals surface area contributed by atoms with E-state index in [2.05, 4.69) is 34.7 Å². The van der Waals surface area contributed by atoms with Gasteiger partial charge in [-0.15, -0.1) is 10.2 Å². The molecule has 0 atom stereocenters. The van der Waals surface area contributed by atoms with Crippen LogP contribution in [0.1, 0.15) is 56.7 Å². The average molecular weight is 350 g/mol. The first-order valence-corrected chi connectivity index (χ1v) is 9.44. The van der Waals surface area contributed by atoms with Gasteiger partial charge in [0.1, 0.15) is 17.6 Å². The summed E-state index contributed by atoms with van der Waals surface area (Å²) in [5.41, 5.74) is 1.52. The number of fused-ring (bicyclic) bond motifs is 1. The minimum absolute atomic E-state index is 0.555. The van der Waals surface area contributed by atoms with Crippen LogP contribution >= 0.6 is 0 Å². The number of hydrogen-bond donors (Lipinski definition) is 0. The Balaban J connectivity index is 1.75. The maximum absolute atomic E-state index is 9.63. The molecule has 136 valence electrons. The SMILES string of the molecule is CC(C)CCOc1ccc(/C=C(\C#N)c2nnc3n2CCCCC3)cc1. The van der Waals surface area contributed by atoms with Crippen molar-refractivity contribution < 1.29 is 4.74 Å². The van der Waals surface area contributed by atoms with E-state index in [0.717, 1.165) is 56.0 Å². The second-order valence-corrected chi connectivity index (χ2v) is 7.17. The third-order valence-corrected chi connectivity index (χ3v) is 4.63. The Morgan fingerprint density at radius 3 is 2.77 bits per heavy atom. The molecule has 0 saturated carbocycles. The molecule has 1 aliphatic heterocycles. The van der Waals surface area contributed by atoms with E-state index in [4.69, 9.17) is 4.74 Å². The van der Waals surface area contributed by atoms with Crippen molar-refractivity contribution in [2.24, 2.45) is 5.92 Å². The second kappa shape index (κ2) is 8.66. The van der Waals surface area contributed by atoms with E-state index in [1.165, 1.54) is 6.42 Å². The summed E-state index contributed by atoms with van der Waals surface area (Å²) in [6.45, 7) is 5.99. The van der Waals surface area contributed by atoms with Gasteiger partial charge in [0.25, 0.3) is 0 Å². The molecule has 1 aromatic heterocycles. The van der Waals surface area contributed by atoms with E-state index >= 15 is 0 Å². The average Bonchev–Trinajstić information content (AvgIpc) is 2.88. The van der Waals surface area contributed by atoms with Crippen molar-refractivity contribution in [3.63, 3.8) is 0 Å². The van der Waals surface area contributed by atoms with Crippen LogP contribution in [-0.4, -0.2) is 21.4 Å². The lowest BCUT2D eigenvalue weighted by Crippen LogP contribution is -2.05. The first kappa shape index (κ1) is 18.2. The van der Waals surface area contributed by atoms with E-state index in [1.54, 1.807) is 0 Å². The van der Waals surface area contributed by atoms with Crippen molar-refractivity contribution in [3.05, 3.63) is 41.5 Å². The molecule has 26 heavy (non-hydrogen) atoms. The Bertz CT molecular complexity index is 796. The Morgan fingerprint density at radius 2 is 2.04 bits per heavy atom. The van der Waals surface area contributed by atoms with Gasteiger partial charge >= 0.3 is 0 Å². The summed E-state index contributed by atoms with van der Waals surface area (Å²) in [5.74, 6) is 3.17. The molecule has 0 amide bonds. The fraction of sp³-hybridized carbons (Fsp3) is 0.476. The summed E-state index contributed by atoms with van der Waals surface area (Å²) >= 11 is 0. The highest BCUT2D eigenvalue weighted by molar-refractivity contribution is 5.87. The monoisotopic (exact) mass is 350 g/mol. The molecule has 5 heteroatoms. The summed E-state index contributed by atoms with van der Waals surface area (Å²) in [7, 11) is 0. The van der Waals surface area contributed by atoms with E-state index in [9.17, 15) is 5.26 Å². The molecule has 2 aromatic rings. The molecule has 3 rings (SSSR count). The third-order valence-electron chi connectivity index (χ3n) is 4.63. The smallest absolute Gasteiger partial charge is 0.174 e. The fourth-order valence-corrected chi connectivity index (χ4v) is 3.07. The number of aromatic nitrogens is 3. The van der Waals surface area contributed by atoms with E-state index < -0.39 is 0 Å². The zero-order valence-corrected chi connectivity index (χ0v) is 15.6. The molecule has 5 nitrogen and oxygen atoms in total. The highest BCUT2D eigenvalue weighted by Gasteiger charge is 2.17. The Morgan fingerprint density at radius 1 is 1.23 bits per heavy atom. The minimum Gasteiger partial charge on any atom is -0.494 e. The highest BCUT2D eigenvalue weighted by atomic mass is 16.5. The standard InChI is InChI=1S/C21H26N4O/c1-16(2)11-13-26-19-9-7-17(8-10-19)14-18(15-22)21-24-23-20-6-4-3-5-12-25(20)21/h7-10,14,16H,3-6,11-13H2,1-2H3/b18-14+. The summed E-state index contributed by atoms with van der Waals surface area (Å²) in [6.07, 6.45) is 7.31. The molecular weight excluding hydrogens is 324 g/mol. The lowest BCUT2D eigenvalue weighted by molar-refractivity contribution is 0.289. The summed E-state index contributed by atoms with van der Waals surface area (Å²) in [4.78, 5) is 0. The van der Waals surface area contributed by atoms with Gasteiger partial charge in [-0.3, -0.25) is 0 Å². The van der Waals surface area contributed by atoms with Crippen LogP contribution in [0.15, 0.2) is 24.3 Å². The summed E-state index contributed by atoms with van der Waals surface area (Å²) in [5, 5.41) is 18.2. The summed E-state index contributed by atoms with van der Waals surface area (Å²) in [6, 6.07) is 10.1. The first-order valence-electron chi connectivity index (χ1n) is 9.44. The maximum Gasteiger partial charge on any atom is 0.174 e. The van der Waals surface area contributed by atoms with Gasteiger partial charge in [-0.05, 0) is 49.0 Å². The lowest BCUT2D eigenvalue weighted by atomic mass is 10.1. The van der Waals surface area contributed by atoms with Gasteiger partial charge < -0.3 is 9.30 Å². The molecule has 0 unspecified atom stereocenters. The van der Waals surface area contributed by atoms with Gasteiger partial charge in [0.15, 0.2) is 5.82 Å². The highest BCUT2D eigenvalue weighted by Crippen LogP contribution is 2.22. The topological polar surface area (TPSA) is 63.7 Å². The van der Waals surface area contributed by atoms with Gasteiger partial charge in [0, 0.05) is 13.0 Å². The van der Waals surface area contributed by atoms with Crippen LogP contribution < -0.4 is 4.74 Å². The molecule has 2 heterocycles. The first-order chi connectivity index (χ1) is 12.7. The van der Waals surface area contributed by atoms with Crippen LogP contribution in [0.2, 0.25) is 0 Å². The van der Waals surface area contributed by atoms with Gasteiger partial charge in [0.2, 0.25) is 0 Å². The number of rotatable bonds is 6. The molecular formula is C21H26N4O. The van der Waals surface area contributed by atoms with E-state index in [1.807, 2.05) is 30.3 Å². The zero-order valence-electron chi connectivity index (χ0n) is 15.6. The maximum atomic E-state index is 9.63. The van der Waals surface area contributed by atoms with Crippen molar-refractivity contribution in [2.45, 2.75) is 52.5 Å². The van der Waals surface area contributed by atoms with E-state index in [-0.39, 0.29) is 0 Å². The number of allylic oxidation sites excluding steroid dienone is 1. The number of ether oxygens (including phenoxy) is 1. The molecule has 1 aliphatic rings. The van der Waals surface area contributed by atoms with Gasteiger partial charge in [0.05, 0.1) is 12.2 Å². The van der Waals surface area contributed by atoms with Crippen LogP contribution in [0.25, 0.3) is 11.6 Å². The van der Waals surface area contributed by atoms with Crippen LogP contribution in [0, 0.1) is 17.2 Å². The van der Waals surface area contributed by atoms with E-state index in [0.29, 0.717) is 17.3 Å². The molecule has 0 aliphatic carbocycles. The number of nitriles is 1. The van der Waals surface area contributed by atoms with Crippen LogP contribution in [0.5, 0.6) is 5.75 Å². The molecule has 0 N–H and O–H groups in total. The van der Waals surface area contributed by atoms with Crippen LogP contribution in [-0.2, 0) is 13.0 Å². The largest absolute Gasteiger partial charge is 0.494 e. The number of hydrogen-bond acceptors (Lipinski definition) is 4. The quantitative estimate of drug-likeness (QED) is 0.720. The normalized spacial score (nSPS) is 14.6. The van der Waals surface area contributed by atoms with Crippen LogP contribution in [0.4, 0.5) is 0 Å². The molecule has 0 spiro atoms. The number of benzene rings is 1. The van der Waals surface area contributed by atoms with Gasteiger partial charge in [-0.25, -0.2) is 0 Å². The summed E-state index contributed by atoms with van der Waals surface area (Å²) < 4.78 is 7.85. The van der Waals surface area contributed by atoms with Gasteiger partial charge in [-0.1, -0.05) is 32.4 Å².